The molecule has 10 nitrogen and oxygen atoms in total. The van der Waals surface area contributed by atoms with E-state index in [4.69, 9.17) is 16.3 Å². The van der Waals surface area contributed by atoms with Crippen LogP contribution < -0.4 is 4.72 Å². The van der Waals surface area contributed by atoms with Crippen LogP contribution in [0.15, 0.2) is 28.5 Å². The second-order valence-corrected chi connectivity index (χ2v) is 14.2. The van der Waals surface area contributed by atoms with Crippen molar-refractivity contribution in [2.24, 2.45) is 0 Å². The summed E-state index contributed by atoms with van der Waals surface area (Å²) < 4.78 is 34.1. The number of carbonyl (C=O) groups excluding carboxylic acids is 3. The second-order valence-electron chi connectivity index (χ2n) is 9.45. The first kappa shape index (κ1) is 29.0. The number of amides is 2. The maximum atomic E-state index is 13.2. The molecule has 2 saturated heterocycles. The number of sulfonamides is 1. The number of nitrogens with one attached hydrogen (secondary N) is 1. The Morgan fingerprint density at radius 2 is 1.84 bits per heavy atom. The van der Waals surface area contributed by atoms with Crippen LogP contribution in [-0.2, 0) is 29.1 Å². The van der Waals surface area contributed by atoms with E-state index in [1.54, 1.807) is 24.1 Å². The molecule has 2 atom stereocenters. The van der Waals surface area contributed by atoms with Gasteiger partial charge in [-0.3, -0.25) is 19.3 Å². The number of esters is 1. The summed E-state index contributed by atoms with van der Waals surface area (Å²) in [7, 11) is -0.784. The highest BCUT2D eigenvalue weighted by Gasteiger charge is 2.36. The number of piperidine rings is 1. The van der Waals surface area contributed by atoms with Gasteiger partial charge in [-0.05, 0) is 57.0 Å². The lowest BCUT2D eigenvalue weighted by Gasteiger charge is -2.34. The van der Waals surface area contributed by atoms with Gasteiger partial charge in [-0.1, -0.05) is 11.6 Å². The Kier molecular flexibility index (Phi) is 9.48. The van der Waals surface area contributed by atoms with Gasteiger partial charge in [0.1, 0.15) is 10.3 Å². The van der Waals surface area contributed by atoms with Crippen LogP contribution in [-0.4, -0.2) is 99.9 Å². The Labute approximate surface area is 235 Å². The van der Waals surface area contributed by atoms with Crippen molar-refractivity contribution in [2.45, 2.75) is 42.0 Å². The minimum atomic E-state index is -3.92. The van der Waals surface area contributed by atoms with E-state index < -0.39 is 22.0 Å². The Hall–Kier alpha value is -2.03. The van der Waals surface area contributed by atoms with Crippen molar-refractivity contribution in [3.63, 3.8) is 0 Å². The number of thiophene rings is 2. The van der Waals surface area contributed by atoms with Gasteiger partial charge in [-0.15, -0.1) is 22.7 Å². The van der Waals surface area contributed by atoms with E-state index in [0.29, 0.717) is 36.8 Å². The lowest BCUT2D eigenvalue weighted by atomic mass is 10.1. The summed E-state index contributed by atoms with van der Waals surface area (Å²) in [6, 6.07) is 5.86. The van der Waals surface area contributed by atoms with Crippen molar-refractivity contribution in [2.75, 3.05) is 46.9 Å². The Balaban J connectivity index is 1.36. The van der Waals surface area contributed by atoms with Crippen molar-refractivity contribution in [1.29, 1.82) is 0 Å². The fourth-order valence-electron chi connectivity index (χ4n) is 4.81. The lowest BCUT2D eigenvalue weighted by Crippen LogP contribution is -2.55. The normalized spacial score (nSPS) is 20.4. The molecular weight excluding hydrogens is 572 g/mol. The molecule has 14 heteroatoms. The highest BCUT2D eigenvalue weighted by atomic mass is 35.5. The number of halogens is 1. The SMILES string of the molecule is COC(=O)CN(C)CC1CCCN1C(=O)CN1CCCC(NS(=O)(=O)c2ccc(-c3ccc(Cl)s3)s2)C1=O. The first-order chi connectivity index (χ1) is 18.1. The van der Waals surface area contributed by atoms with Crippen LogP contribution in [0.1, 0.15) is 25.7 Å². The summed E-state index contributed by atoms with van der Waals surface area (Å²) in [5.41, 5.74) is 0. The van der Waals surface area contributed by atoms with Gasteiger partial charge in [-0.2, -0.15) is 4.72 Å². The zero-order valence-electron chi connectivity index (χ0n) is 21.2. The predicted molar refractivity (Wildman–Crippen MR) is 147 cm³/mol. The van der Waals surface area contributed by atoms with Crippen LogP contribution >= 0.6 is 34.3 Å². The van der Waals surface area contributed by atoms with Crippen molar-refractivity contribution in [3.05, 3.63) is 28.6 Å². The number of ether oxygens (including phenoxy) is 1. The highest BCUT2D eigenvalue weighted by Crippen LogP contribution is 2.37. The maximum Gasteiger partial charge on any atom is 0.319 e. The Morgan fingerprint density at radius 1 is 1.13 bits per heavy atom. The summed E-state index contributed by atoms with van der Waals surface area (Å²) >= 11 is 8.48. The van der Waals surface area contributed by atoms with Crippen LogP contribution in [0.4, 0.5) is 0 Å². The summed E-state index contributed by atoms with van der Waals surface area (Å²) in [4.78, 5) is 44.6. The van der Waals surface area contributed by atoms with Crippen molar-refractivity contribution >= 4 is 62.1 Å². The maximum absolute atomic E-state index is 13.2. The summed E-state index contributed by atoms with van der Waals surface area (Å²) in [5, 5.41) is 0. The number of likely N-dealkylation sites (tertiary alicyclic amines) is 2. The third-order valence-corrected chi connectivity index (χ3v) is 11.1. The molecule has 2 amide bonds. The number of methoxy groups -OCH3 is 1. The summed E-state index contributed by atoms with van der Waals surface area (Å²) in [6.45, 7) is 1.54. The van der Waals surface area contributed by atoms with Crippen molar-refractivity contribution < 1.29 is 27.5 Å². The molecule has 0 spiro atoms. The van der Waals surface area contributed by atoms with E-state index in [-0.39, 0.29) is 35.2 Å². The molecule has 38 heavy (non-hydrogen) atoms. The molecule has 1 N–H and O–H groups in total. The molecular formula is C24H31ClN4O6S3. The summed E-state index contributed by atoms with van der Waals surface area (Å²) in [5.74, 6) is -0.910. The first-order valence-electron chi connectivity index (χ1n) is 12.3. The van der Waals surface area contributed by atoms with E-state index >= 15 is 0 Å². The average Bonchev–Trinajstić information content (AvgIpc) is 3.62. The van der Waals surface area contributed by atoms with Crippen molar-refractivity contribution in [1.82, 2.24) is 19.4 Å². The van der Waals surface area contributed by atoms with Crippen molar-refractivity contribution in [3.8, 4) is 9.75 Å². The largest absolute Gasteiger partial charge is 0.468 e. The quantitative estimate of drug-likeness (QED) is 0.415. The molecule has 0 aromatic carbocycles. The van der Waals surface area contributed by atoms with Gasteiger partial charge < -0.3 is 14.5 Å². The van der Waals surface area contributed by atoms with E-state index in [2.05, 4.69) is 4.72 Å². The smallest absolute Gasteiger partial charge is 0.319 e. The predicted octanol–water partition coefficient (Wildman–Crippen LogP) is 2.50. The Morgan fingerprint density at radius 3 is 2.55 bits per heavy atom. The van der Waals surface area contributed by atoms with Gasteiger partial charge in [0.15, 0.2) is 0 Å². The number of likely N-dealkylation sites (N-methyl/N-ethyl adjacent to an activating group) is 1. The number of carbonyl (C=O) groups is 3. The van der Waals surface area contributed by atoms with Gasteiger partial charge in [0.25, 0.3) is 10.0 Å². The van der Waals surface area contributed by atoms with E-state index in [1.807, 2.05) is 11.0 Å². The third-order valence-electron chi connectivity index (χ3n) is 6.66. The fourth-order valence-corrected chi connectivity index (χ4v) is 8.49. The molecule has 2 aromatic rings. The number of rotatable bonds is 10. The zero-order chi connectivity index (χ0) is 27.4. The molecule has 2 aromatic heterocycles. The average molecular weight is 603 g/mol. The van der Waals surface area contributed by atoms with Crippen LogP contribution in [0.3, 0.4) is 0 Å². The molecule has 0 aliphatic carbocycles. The standard InChI is InChI=1S/C24H31ClN4O6S3/c1-27(15-22(31)35-2)13-16-5-3-12-29(16)21(30)14-28-11-4-6-17(24(28)32)26-38(33,34)23-10-8-19(37-23)18-7-9-20(25)36-18/h7-10,16-17,26H,3-6,11-15H2,1-2H3. The molecule has 2 aliphatic rings. The van der Waals surface area contributed by atoms with Crippen LogP contribution in [0.5, 0.6) is 0 Å². The number of nitrogens with zero attached hydrogens (tertiary/aromatic N) is 3. The number of hydrogen-bond donors (Lipinski definition) is 1. The molecule has 0 saturated carbocycles. The molecule has 2 fully saturated rings. The lowest BCUT2D eigenvalue weighted by molar-refractivity contribution is -0.144. The fraction of sp³-hybridized carbons (Fsp3) is 0.542. The molecule has 2 aliphatic heterocycles. The summed E-state index contributed by atoms with van der Waals surface area (Å²) in [6.07, 6.45) is 2.61. The van der Waals surface area contributed by atoms with Gasteiger partial charge in [0.2, 0.25) is 11.8 Å². The molecule has 208 valence electrons. The third kappa shape index (κ3) is 6.93. The van der Waals surface area contributed by atoms with Gasteiger partial charge >= 0.3 is 5.97 Å². The van der Waals surface area contributed by atoms with Gasteiger partial charge in [0, 0.05) is 35.4 Å². The molecule has 4 heterocycles. The molecule has 0 bridgehead atoms. The molecule has 4 rings (SSSR count). The monoisotopic (exact) mass is 602 g/mol. The zero-order valence-corrected chi connectivity index (χ0v) is 24.4. The minimum Gasteiger partial charge on any atom is -0.468 e. The highest BCUT2D eigenvalue weighted by molar-refractivity contribution is 7.91. The van der Waals surface area contributed by atoms with Crippen LogP contribution in [0.25, 0.3) is 9.75 Å². The van der Waals surface area contributed by atoms with Crippen LogP contribution in [0, 0.1) is 0 Å². The van der Waals surface area contributed by atoms with Gasteiger partial charge in [-0.25, -0.2) is 8.42 Å². The van der Waals surface area contributed by atoms with Gasteiger partial charge in [0.05, 0.1) is 24.5 Å². The Bertz CT molecular complexity index is 1280. The topological polar surface area (TPSA) is 116 Å². The van der Waals surface area contributed by atoms with E-state index in [9.17, 15) is 22.8 Å². The molecule has 0 radical (unpaired) electrons. The van der Waals surface area contributed by atoms with E-state index in [1.165, 1.54) is 29.4 Å². The number of hydrogen-bond acceptors (Lipinski definition) is 9. The molecule has 2 unspecified atom stereocenters. The van der Waals surface area contributed by atoms with E-state index in [0.717, 1.165) is 33.9 Å². The first-order valence-corrected chi connectivity index (χ1v) is 15.8. The minimum absolute atomic E-state index is 0.0578. The second kappa shape index (κ2) is 12.4. The van der Waals surface area contributed by atoms with Crippen LogP contribution in [0.2, 0.25) is 4.34 Å².